The third-order valence-electron chi connectivity index (χ3n) is 2.54. The summed E-state index contributed by atoms with van der Waals surface area (Å²) in [7, 11) is 3.96. The van der Waals surface area contributed by atoms with Crippen LogP contribution < -0.4 is 10.6 Å². The van der Waals surface area contributed by atoms with Gasteiger partial charge < -0.3 is 15.7 Å². The standard InChI is InChI=1S/C12H15N3OS/c1-15(2)9-5-3-8(4-6-9)11(16)10-7-14-12(13)17-10/h3-7,11,16H,1-2H3,(H2,13,14)/t11-/m1/s1. The van der Waals surface area contributed by atoms with E-state index >= 15 is 0 Å². The Hall–Kier alpha value is -1.59. The number of thiazole rings is 1. The summed E-state index contributed by atoms with van der Waals surface area (Å²) in [6.07, 6.45) is 0.964. The Labute approximate surface area is 104 Å². The van der Waals surface area contributed by atoms with Gasteiger partial charge in [-0.1, -0.05) is 23.5 Å². The average Bonchev–Trinajstić information content (AvgIpc) is 2.75. The predicted octanol–water partition coefficient (Wildman–Crippen LogP) is 1.87. The monoisotopic (exact) mass is 249 g/mol. The number of aliphatic hydroxyl groups excluding tert-OH is 1. The Morgan fingerprint density at radius 3 is 2.41 bits per heavy atom. The van der Waals surface area contributed by atoms with Crippen molar-refractivity contribution in [3.05, 3.63) is 40.9 Å². The maximum Gasteiger partial charge on any atom is 0.180 e. The molecule has 3 N–H and O–H groups in total. The van der Waals surface area contributed by atoms with Crippen molar-refractivity contribution in [3.8, 4) is 0 Å². The van der Waals surface area contributed by atoms with Crippen molar-refractivity contribution in [1.29, 1.82) is 0 Å². The van der Waals surface area contributed by atoms with Crippen LogP contribution in [0, 0.1) is 0 Å². The number of hydrogen-bond donors (Lipinski definition) is 2. The molecule has 2 aromatic rings. The van der Waals surface area contributed by atoms with E-state index in [9.17, 15) is 5.11 Å². The second kappa shape index (κ2) is 4.73. The van der Waals surface area contributed by atoms with Crippen molar-refractivity contribution >= 4 is 22.2 Å². The molecule has 0 spiro atoms. The fourth-order valence-corrected chi connectivity index (χ4v) is 2.25. The van der Waals surface area contributed by atoms with Gasteiger partial charge in [0.2, 0.25) is 0 Å². The van der Waals surface area contributed by atoms with Gasteiger partial charge in [-0.2, -0.15) is 0 Å². The topological polar surface area (TPSA) is 62.4 Å². The molecule has 0 radical (unpaired) electrons. The van der Waals surface area contributed by atoms with Gasteiger partial charge in [0.15, 0.2) is 5.13 Å². The zero-order valence-electron chi connectivity index (χ0n) is 9.79. The lowest BCUT2D eigenvalue weighted by molar-refractivity contribution is 0.224. The minimum atomic E-state index is -0.652. The van der Waals surface area contributed by atoms with E-state index in [1.54, 1.807) is 6.20 Å². The summed E-state index contributed by atoms with van der Waals surface area (Å²) in [5, 5.41) is 10.6. The molecule has 0 saturated carbocycles. The largest absolute Gasteiger partial charge is 0.383 e. The summed E-state index contributed by atoms with van der Waals surface area (Å²) in [6, 6.07) is 7.78. The second-order valence-electron chi connectivity index (χ2n) is 3.99. The summed E-state index contributed by atoms with van der Waals surface area (Å²) >= 11 is 1.31. The third-order valence-corrected chi connectivity index (χ3v) is 3.42. The number of rotatable bonds is 3. The van der Waals surface area contributed by atoms with E-state index < -0.39 is 6.10 Å². The van der Waals surface area contributed by atoms with Crippen molar-refractivity contribution in [2.75, 3.05) is 24.7 Å². The van der Waals surface area contributed by atoms with E-state index in [0.29, 0.717) is 5.13 Å². The molecular weight excluding hydrogens is 234 g/mol. The molecule has 1 heterocycles. The van der Waals surface area contributed by atoms with Crippen molar-refractivity contribution < 1.29 is 5.11 Å². The maximum atomic E-state index is 10.1. The number of nitrogens with zero attached hydrogens (tertiary/aromatic N) is 2. The fourth-order valence-electron chi connectivity index (χ4n) is 1.55. The molecular formula is C12H15N3OS. The van der Waals surface area contributed by atoms with Crippen molar-refractivity contribution in [2.45, 2.75) is 6.10 Å². The fraction of sp³-hybridized carbons (Fsp3) is 0.250. The Kier molecular flexibility index (Phi) is 3.31. The Morgan fingerprint density at radius 2 is 1.94 bits per heavy atom. The number of nitrogens with two attached hydrogens (primary N) is 1. The van der Waals surface area contributed by atoms with Gasteiger partial charge in [-0.25, -0.2) is 4.98 Å². The molecule has 4 nitrogen and oxygen atoms in total. The van der Waals surface area contributed by atoms with E-state index in [-0.39, 0.29) is 0 Å². The minimum absolute atomic E-state index is 0.476. The molecule has 0 aliphatic rings. The first kappa shape index (κ1) is 11.9. The SMILES string of the molecule is CN(C)c1ccc([C@@H](O)c2cnc(N)s2)cc1. The van der Waals surface area contributed by atoms with Crippen LogP contribution in [0.15, 0.2) is 30.5 Å². The maximum absolute atomic E-state index is 10.1. The van der Waals surface area contributed by atoms with E-state index in [1.807, 2.05) is 43.3 Å². The summed E-state index contributed by atoms with van der Waals surface area (Å²) in [5.41, 5.74) is 7.50. The molecule has 0 saturated heterocycles. The lowest BCUT2D eigenvalue weighted by Gasteiger charge is -2.14. The third kappa shape index (κ3) is 2.57. The van der Waals surface area contributed by atoms with Crippen molar-refractivity contribution in [2.24, 2.45) is 0 Å². The number of hydrogen-bond acceptors (Lipinski definition) is 5. The smallest absolute Gasteiger partial charge is 0.180 e. The second-order valence-corrected chi connectivity index (χ2v) is 5.08. The van der Waals surface area contributed by atoms with Crippen molar-refractivity contribution in [3.63, 3.8) is 0 Å². The van der Waals surface area contributed by atoms with E-state index in [4.69, 9.17) is 5.73 Å². The first-order valence-corrected chi connectivity index (χ1v) is 6.06. The number of aliphatic hydroxyl groups is 1. The van der Waals surface area contributed by atoms with Gasteiger partial charge >= 0.3 is 0 Å². The van der Waals surface area contributed by atoms with Gasteiger partial charge in [-0.3, -0.25) is 0 Å². The summed E-state index contributed by atoms with van der Waals surface area (Å²) in [6.45, 7) is 0. The molecule has 1 aromatic heterocycles. The highest BCUT2D eigenvalue weighted by Gasteiger charge is 2.13. The Morgan fingerprint density at radius 1 is 1.29 bits per heavy atom. The Balaban J connectivity index is 2.22. The van der Waals surface area contributed by atoms with Crippen molar-refractivity contribution in [1.82, 2.24) is 4.98 Å². The molecule has 1 atom stereocenters. The van der Waals surface area contributed by atoms with Crippen LogP contribution in [0.25, 0.3) is 0 Å². The quantitative estimate of drug-likeness (QED) is 0.871. The number of anilines is 2. The van der Waals surface area contributed by atoms with Crippen LogP contribution in [0.1, 0.15) is 16.5 Å². The molecule has 0 bridgehead atoms. The van der Waals surface area contributed by atoms with E-state index in [2.05, 4.69) is 4.98 Å². The first-order valence-electron chi connectivity index (χ1n) is 5.24. The lowest BCUT2D eigenvalue weighted by Crippen LogP contribution is -2.08. The van der Waals surface area contributed by atoms with Crippen LogP contribution in [-0.2, 0) is 0 Å². The average molecular weight is 249 g/mol. The van der Waals surface area contributed by atoms with Gasteiger partial charge in [-0.15, -0.1) is 0 Å². The van der Waals surface area contributed by atoms with Gasteiger partial charge in [0.05, 0.1) is 4.88 Å². The number of nitrogen functional groups attached to an aromatic ring is 1. The predicted molar refractivity (Wildman–Crippen MR) is 71.4 cm³/mol. The highest BCUT2D eigenvalue weighted by molar-refractivity contribution is 7.15. The van der Waals surface area contributed by atoms with E-state index in [1.165, 1.54) is 11.3 Å². The highest BCUT2D eigenvalue weighted by Crippen LogP contribution is 2.28. The van der Waals surface area contributed by atoms with Crippen LogP contribution in [0.3, 0.4) is 0 Å². The summed E-state index contributed by atoms with van der Waals surface area (Å²) in [5.74, 6) is 0. The molecule has 0 unspecified atom stereocenters. The van der Waals surface area contributed by atoms with Gasteiger partial charge in [0.25, 0.3) is 0 Å². The minimum Gasteiger partial charge on any atom is -0.383 e. The molecule has 2 rings (SSSR count). The van der Waals surface area contributed by atoms with Crippen LogP contribution in [0.5, 0.6) is 0 Å². The number of benzene rings is 1. The molecule has 0 aliphatic heterocycles. The zero-order valence-corrected chi connectivity index (χ0v) is 10.6. The molecule has 0 fully saturated rings. The van der Waals surface area contributed by atoms with Gasteiger partial charge in [0.1, 0.15) is 6.10 Å². The molecule has 1 aromatic carbocycles. The van der Waals surface area contributed by atoms with Gasteiger partial charge in [0, 0.05) is 26.0 Å². The van der Waals surface area contributed by atoms with E-state index in [0.717, 1.165) is 16.1 Å². The molecule has 17 heavy (non-hydrogen) atoms. The molecule has 5 heteroatoms. The lowest BCUT2D eigenvalue weighted by atomic mass is 10.1. The van der Waals surface area contributed by atoms with Gasteiger partial charge in [-0.05, 0) is 17.7 Å². The molecule has 0 aliphatic carbocycles. The van der Waals surface area contributed by atoms with Crippen LogP contribution in [-0.4, -0.2) is 24.2 Å². The zero-order chi connectivity index (χ0) is 12.4. The first-order chi connectivity index (χ1) is 8.08. The Bertz CT molecular complexity index is 493. The van der Waals surface area contributed by atoms with Crippen LogP contribution >= 0.6 is 11.3 Å². The van der Waals surface area contributed by atoms with Crippen LogP contribution in [0.4, 0.5) is 10.8 Å². The van der Waals surface area contributed by atoms with Crippen LogP contribution in [0.2, 0.25) is 0 Å². The number of aromatic nitrogens is 1. The highest BCUT2D eigenvalue weighted by atomic mass is 32.1. The summed E-state index contributed by atoms with van der Waals surface area (Å²) in [4.78, 5) is 6.72. The molecule has 0 amide bonds. The molecule has 90 valence electrons. The normalized spacial score (nSPS) is 12.4. The summed E-state index contributed by atoms with van der Waals surface area (Å²) < 4.78 is 0.